The van der Waals surface area contributed by atoms with Crippen LogP contribution in [-0.2, 0) is 4.79 Å². The lowest BCUT2D eigenvalue weighted by Gasteiger charge is -2.14. The molecule has 0 bridgehead atoms. The third kappa shape index (κ3) is 5.32. The molecule has 122 valence electrons. The van der Waals surface area contributed by atoms with Crippen molar-refractivity contribution in [3.63, 3.8) is 0 Å². The Morgan fingerprint density at radius 1 is 1.30 bits per heavy atom. The standard InChI is InChI=1S/C17H18F2N2O2/c1-12(13-6-7-15(18)16(19)10-13)21-17(22)5-3-9-23-14-4-2-8-20-11-14/h2,4,6-8,10-12H,3,5,9H2,1H3,(H,21,22)/t12-/m0/s1. The average Bonchev–Trinajstić information content (AvgIpc) is 2.55. The van der Waals surface area contributed by atoms with Gasteiger partial charge in [-0.3, -0.25) is 9.78 Å². The fourth-order valence-corrected chi connectivity index (χ4v) is 2.03. The fourth-order valence-electron chi connectivity index (χ4n) is 2.03. The van der Waals surface area contributed by atoms with E-state index in [1.165, 1.54) is 6.07 Å². The Kier molecular flexibility index (Phi) is 6.02. The van der Waals surface area contributed by atoms with Gasteiger partial charge in [0.2, 0.25) is 5.91 Å². The van der Waals surface area contributed by atoms with Gasteiger partial charge in [-0.2, -0.15) is 0 Å². The summed E-state index contributed by atoms with van der Waals surface area (Å²) >= 11 is 0. The number of nitrogens with zero attached hydrogens (tertiary/aromatic N) is 1. The molecule has 1 aromatic carbocycles. The Bertz CT molecular complexity index is 650. The van der Waals surface area contributed by atoms with Crippen molar-refractivity contribution in [1.29, 1.82) is 0 Å². The van der Waals surface area contributed by atoms with E-state index in [0.29, 0.717) is 24.3 Å². The summed E-state index contributed by atoms with van der Waals surface area (Å²) in [7, 11) is 0. The molecule has 2 aromatic rings. The molecule has 1 amide bonds. The first kappa shape index (κ1) is 16.9. The van der Waals surface area contributed by atoms with Gasteiger partial charge in [-0.15, -0.1) is 0 Å². The van der Waals surface area contributed by atoms with Gasteiger partial charge in [0.25, 0.3) is 0 Å². The van der Waals surface area contributed by atoms with Gasteiger partial charge in [-0.05, 0) is 43.2 Å². The van der Waals surface area contributed by atoms with Crippen LogP contribution in [0.2, 0.25) is 0 Å². The number of rotatable bonds is 7. The van der Waals surface area contributed by atoms with Gasteiger partial charge < -0.3 is 10.1 Å². The predicted molar refractivity (Wildman–Crippen MR) is 81.9 cm³/mol. The first-order valence-electron chi connectivity index (χ1n) is 7.33. The molecule has 0 aliphatic heterocycles. The van der Waals surface area contributed by atoms with Crippen molar-refractivity contribution in [1.82, 2.24) is 10.3 Å². The van der Waals surface area contributed by atoms with E-state index in [1.807, 2.05) is 0 Å². The molecule has 1 heterocycles. The van der Waals surface area contributed by atoms with Crippen LogP contribution >= 0.6 is 0 Å². The summed E-state index contributed by atoms with van der Waals surface area (Å²) in [4.78, 5) is 15.8. The number of hydrogen-bond acceptors (Lipinski definition) is 3. The number of nitrogens with one attached hydrogen (secondary N) is 1. The predicted octanol–water partition coefficient (Wildman–Crippen LogP) is 3.40. The van der Waals surface area contributed by atoms with E-state index in [2.05, 4.69) is 10.3 Å². The maximum Gasteiger partial charge on any atom is 0.220 e. The monoisotopic (exact) mass is 320 g/mol. The van der Waals surface area contributed by atoms with E-state index >= 15 is 0 Å². The Morgan fingerprint density at radius 3 is 2.83 bits per heavy atom. The number of ether oxygens (including phenoxy) is 1. The van der Waals surface area contributed by atoms with Crippen LogP contribution in [0.25, 0.3) is 0 Å². The van der Waals surface area contributed by atoms with Crippen molar-refractivity contribution in [2.45, 2.75) is 25.8 Å². The largest absolute Gasteiger partial charge is 0.492 e. The third-order valence-electron chi connectivity index (χ3n) is 3.27. The second-order valence-electron chi connectivity index (χ2n) is 5.10. The number of benzene rings is 1. The zero-order valence-corrected chi connectivity index (χ0v) is 12.8. The van der Waals surface area contributed by atoms with Gasteiger partial charge in [0.05, 0.1) is 18.8 Å². The quantitative estimate of drug-likeness (QED) is 0.796. The van der Waals surface area contributed by atoms with Crippen LogP contribution < -0.4 is 10.1 Å². The molecule has 0 radical (unpaired) electrons. The van der Waals surface area contributed by atoms with Gasteiger partial charge in [0.15, 0.2) is 11.6 Å². The average molecular weight is 320 g/mol. The summed E-state index contributed by atoms with van der Waals surface area (Å²) in [5.41, 5.74) is 0.517. The van der Waals surface area contributed by atoms with E-state index in [0.717, 1.165) is 12.1 Å². The Balaban J connectivity index is 1.72. The summed E-state index contributed by atoms with van der Waals surface area (Å²) in [5.74, 6) is -1.34. The highest BCUT2D eigenvalue weighted by Crippen LogP contribution is 2.16. The highest BCUT2D eigenvalue weighted by Gasteiger charge is 2.12. The number of amides is 1. The van der Waals surface area contributed by atoms with Gasteiger partial charge in [0.1, 0.15) is 5.75 Å². The molecule has 1 N–H and O–H groups in total. The summed E-state index contributed by atoms with van der Waals surface area (Å²) in [6.45, 7) is 2.12. The van der Waals surface area contributed by atoms with Crippen LogP contribution in [0.4, 0.5) is 8.78 Å². The van der Waals surface area contributed by atoms with Crippen molar-refractivity contribution in [2.24, 2.45) is 0 Å². The highest BCUT2D eigenvalue weighted by atomic mass is 19.2. The first-order valence-corrected chi connectivity index (χ1v) is 7.33. The Morgan fingerprint density at radius 2 is 2.13 bits per heavy atom. The third-order valence-corrected chi connectivity index (χ3v) is 3.27. The van der Waals surface area contributed by atoms with Crippen LogP contribution in [0.1, 0.15) is 31.4 Å². The molecule has 0 unspecified atom stereocenters. The number of halogens is 2. The molecule has 6 heteroatoms. The smallest absolute Gasteiger partial charge is 0.220 e. The zero-order valence-electron chi connectivity index (χ0n) is 12.8. The van der Waals surface area contributed by atoms with Gasteiger partial charge in [-0.25, -0.2) is 8.78 Å². The minimum Gasteiger partial charge on any atom is -0.492 e. The molecule has 0 aliphatic rings. The molecule has 23 heavy (non-hydrogen) atoms. The molecule has 1 atom stereocenters. The number of hydrogen-bond donors (Lipinski definition) is 1. The van der Waals surface area contributed by atoms with E-state index in [1.54, 1.807) is 31.5 Å². The Labute approximate surface area is 133 Å². The first-order chi connectivity index (χ1) is 11.1. The van der Waals surface area contributed by atoms with Gasteiger partial charge in [-0.1, -0.05) is 6.07 Å². The molecular weight excluding hydrogens is 302 g/mol. The molecule has 4 nitrogen and oxygen atoms in total. The topological polar surface area (TPSA) is 51.2 Å². The second kappa shape index (κ2) is 8.22. The number of carbonyl (C=O) groups is 1. The summed E-state index contributed by atoms with van der Waals surface area (Å²) < 4.78 is 31.5. The molecule has 0 spiro atoms. The van der Waals surface area contributed by atoms with Crippen molar-refractivity contribution in [3.05, 3.63) is 59.9 Å². The van der Waals surface area contributed by atoms with Crippen LogP contribution in [0.5, 0.6) is 5.75 Å². The molecule has 0 aliphatic carbocycles. The fraction of sp³-hybridized carbons (Fsp3) is 0.294. The lowest BCUT2D eigenvalue weighted by Crippen LogP contribution is -2.26. The number of carbonyl (C=O) groups excluding carboxylic acids is 1. The summed E-state index contributed by atoms with van der Waals surface area (Å²) in [5, 5.41) is 2.75. The maximum atomic E-state index is 13.2. The molecule has 2 rings (SSSR count). The lowest BCUT2D eigenvalue weighted by atomic mass is 10.1. The van der Waals surface area contributed by atoms with E-state index < -0.39 is 17.7 Å². The highest BCUT2D eigenvalue weighted by molar-refractivity contribution is 5.76. The normalized spacial score (nSPS) is 11.8. The molecule has 1 aromatic heterocycles. The van der Waals surface area contributed by atoms with E-state index in [4.69, 9.17) is 4.74 Å². The maximum absolute atomic E-state index is 13.2. The van der Waals surface area contributed by atoms with E-state index in [-0.39, 0.29) is 12.3 Å². The summed E-state index contributed by atoms with van der Waals surface area (Å²) in [6, 6.07) is 6.76. The van der Waals surface area contributed by atoms with Gasteiger partial charge >= 0.3 is 0 Å². The molecule has 0 saturated heterocycles. The van der Waals surface area contributed by atoms with Gasteiger partial charge in [0, 0.05) is 12.6 Å². The zero-order chi connectivity index (χ0) is 16.7. The molecular formula is C17H18F2N2O2. The minimum atomic E-state index is -0.923. The van der Waals surface area contributed by atoms with Crippen molar-refractivity contribution in [3.8, 4) is 5.75 Å². The van der Waals surface area contributed by atoms with Crippen molar-refractivity contribution >= 4 is 5.91 Å². The van der Waals surface area contributed by atoms with Crippen LogP contribution in [-0.4, -0.2) is 17.5 Å². The second-order valence-corrected chi connectivity index (χ2v) is 5.10. The van der Waals surface area contributed by atoms with Crippen LogP contribution in [0.15, 0.2) is 42.7 Å². The van der Waals surface area contributed by atoms with Crippen molar-refractivity contribution in [2.75, 3.05) is 6.61 Å². The number of aromatic nitrogens is 1. The van der Waals surface area contributed by atoms with Crippen molar-refractivity contribution < 1.29 is 18.3 Å². The van der Waals surface area contributed by atoms with Crippen LogP contribution in [0, 0.1) is 11.6 Å². The number of pyridine rings is 1. The SMILES string of the molecule is C[C@H](NC(=O)CCCOc1cccnc1)c1ccc(F)c(F)c1. The minimum absolute atomic E-state index is 0.169. The molecule has 0 saturated carbocycles. The lowest BCUT2D eigenvalue weighted by molar-refractivity contribution is -0.121. The molecule has 0 fully saturated rings. The van der Waals surface area contributed by atoms with E-state index in [9.17, 15) is 13.6 Å². The summed E-state index contributed by atoms with van der Waals surface area (Å²) in [6.07, 6.45) is 4.09. The Hall–Kier alpha value is -2.50. The van der Waals surface area contributed by atoms with Crippen LogP contribution in [0.3, 0.4) is 0 Å².